The molecule has 0 fully saturated rings. The van der Waals surface area contributed by atoms with Crippen LogP contribution in [0.4, 0.5) is 5.69 Å². The van der Waals surface area contributed by atoms with Gasteiger partial charge in [-0.3, -0.25) is 14.6 Å². The van der Waals surface area contributed by atoms with E-state index in [2.05, 4.69) is 60.7 Å². The number of carbonyl (C=O) groups excluding carboxylic acids is 2. The summed E-state index contributed by atoms with van der Waals surface area (Å²) < 4.78 is 12.0. The quantitative estimate of drug-likeness (QED) is 0.0935. The summed E-state index contributed by atoms with van der Waals surface area (Å²) in [5, 5.41) is 5.12. The van der Waals surface area contributed by atoms with Gasteiger partial charge in [0.1, 0.15) is 12.4 Å². The van der Waals surface area contributed by atoms with E-state index in [9.17, 15) is 9.59 Å². The van der Waals surface area contributed by atoms with Crippen LogP contribution in [0.15, 0.2) is 96.8 Å². The lowest BCUT2D eigenvalue weighted by molar-refractivity contribution is -0.113. The highest BCUT2D eigenvalue weighted by Gasteiger charge is 2.38. The third-order valence-electron chi connectivity index (χ3n) is 7.82. The Morgan fingerprint density at radius 2 is 1.60 bits per heavy atom. The van der Waals surface area contributed by atoms with E-state index in [4.69, 9.17) is 9.26 Å². The number of aromatic amines is 1. The highest BCUT2D eigenvalue weighted by Crippen LogP contribution is 2.36. The average Bonchev–Trinajstić information content (AvgIpc) is 3.36. The van der Waals surface area contributed by atoms with Crippen LogP contribution in [0.25, 0.3) is 27.9 Å². The number of anilines is 1. The minimum Gasteiger partial charge on any atom is -0.489 e. The van der Waals surface area contributed by atoms with E-state index < -0.39 is 8.32 Å². The number of hydrogen-bond donors (Lipinski definition) is 3. The SMILES string of the molecule is CC(C)(C)[Si](C)(C)ONC(=O)c1ccc(C=C(COc2ccc3c(c2)[nH]c2ccccc23)C(=O)Nc2ccncc2)cc1. The van der Waals surface area contributed by atoms with Gasteiger partial charge in [-0.2, -0.15) is 0 Å². The molecule has 43 heavy (non-hydrogen) atoms. The van der Waals surface area contributed by atoms with E-state index in [1.165, 1.54) is 0 Å². The van der Waals surface area contributed by atoms with Gasteiger partial charge in [-0.05, 0) is 72.2 Å². The van der Waals surface area contributed by atoms with Crippen LogP contribution in [0.3, 0.4) is 0 Å². The molecular formula is C34H36N4O4Si. The number of benzene rings is 3. The fourth-order valence-electron chi connectivity index (χ4n) is 4.22. The number of fused-ring (bicyclic) bond motifs is 3. The molecule has 5 aromatic rings. The topological polar surface area (TPSA) is 105 Å². The van der Waals surface area contributed by atoms with Crippen LogP contribution in [0.1, 0.15) is 36.7 Å². The minimum atomic E-state index is -2.15. The van der Waals surface area contributed by atoms with Gasteiger partial charge in [0.15, 0.2) is 0 Å². The van der Waals surface area contributed by atoms with Crippen LogP contribution in [0.5, 0.6) is 5.75 Å². The van der Waals surface area contributed by atoms with Crippen molar-refractivity contribution in [2.75, 3.05) is 11.9 Å². The van der Waals surface area contributed by atoms with Crippen LogP contribution >= 0.6 is 0 Å². The molecule has 8 nitrogen and oxygen atoms in total. The number of pyridine rings is 1. The molecular weight excluding hydrogens is 556 g/mol. The zero-order chi connectivity index (χ0) is 30.6. The molecule has 3 N–H and O–H groups in total. The molecule has 0 aliphatic carbocycles. The van der Waals surface area contributed by atoms with E-state index in [1.54, 1.807) is 54.9 Å². The Hall–Kier alpha value is -4.73. The number of carbonyl (C=O) groups is 2. The first kappa shape index (κ1) is 29.7. The largest absolute Gasteiger partial charge is 0.489 e. The summed E-state index contributed by atoms with van der Waals surface area (Å²) in [5.41, 5.74) is 6.87. The monoisotopic (exact) mass is 592 g/mol. The highest BCUT2D eigenvalue weighted by atomic mass is 28.4. The zero-order valence-corrected chi connectivity index (χ0v) is 26.0. The number of nitrogens with zero attached hydrogens (tertiary/aromatic N) is 1. The van der Waals surface area contributed by atoms with Gasteiger partial charge < -0.3 is 19.6 Å². The van der Waals surface area contributed by atoms with Gasteiger partial charge in [-0.25, -0.2) is 5.48 Å². The van der Waals surface area contributed by atoms with E-state index in [0.717, 1.165) is 27.4 Å². The standard InChI is InChI=1S/C34H36N4O4Si/c1-34(2,3)43(4,5)42-38-33(40)24-12-10-23(11-13-24)20-25(32(39)36-26-16-18-35-19-17-26)22-41-27-14-15-29-28-8-6-7-9-30(28)37-31(29)21-27/h6-21,37H,22H2,1-5H3,(H,38,40)(H,35,36,39). The van der Waals surface area contributed by atoms with Gasteiger partial charge in [0.05, 0.1) is 11.1 Å². The number of H-pyrrole nitrogens is 1. The lowest BCUT2D eigenvalue weighted by Gasteiger charge is -2.35. The molecule has 0 bridgehead atoms. The van der Waals surface area contributed by atoms with E-state index in [1.807, 2.05) is 36.4 Å². The van der Waals surface area contributed by atoms with Gasteiger partial charge in [0, 0.05) is 46.0 Å². The molecule has 3 aromatic carbocycles. The predicted molar refractivity (Wildman–Crippen MR) is 174 cm³/mol. The van der Waals surface area contributed by atoms with Crippen molar-refractivity contribution in [1.29, 1.82) is 0 Å². The van der Waals surface area contributed by atoms with Crippen LogP contribution < -0.4 is 15.5 Å². The predicted octanol–water partition coefficient (Wildman–Crippen LogP) is 7.48. The van der Waals surface area contributed by atoms with Gasteiger partial charge in [0.2, 0.25) is 8.32 Å². The third-order valence-corrected chi connectivity index (χ3v) is 12.0. The van der Waals surface area contributed by atoms with Crippen LogP contribution in [-0.2, 0) is 9.32 Å². The first-order chi connectivity index (χ1) is 20.5. The average molecular weight is 593 g/mol. The maximum Gasteiger partial charge on any atom is 0.273 e. The van der Waals surface area contributed by atoms with E-state index >= 15 is 0 Å². The smallest absolute Gasteiger partial charge is 0.273 e. The Morgan fingerprint density at radius 3 is 2.33 bits per heavy atom. The second-order valence-corrected chi connectivity index (χ2v) is 16.7. The van der Waals surface area contributed by atoms with Crippen molar-refractivity contribution in [2.24, 2.45) is 0 Å². The number of nitrogens with one attached hydrogen (secondary N) is 3. The lowest BCUT2D eigenvalue weighted by Crippen LogP contribution is -2.46. The molecule has 9 heteroatoms. The van der Waals surface area contributed by atoms with Crippen molar-refractivity contribution in [3.05, 3.63) is 108 Å². The number of hydrogen-bond acceptors (Lipinski definition) is 5. The molecule has 220 valence electrons. The summed E-state index contributed by atoms with van der Waals surface area (Å²) in [6.07, 6.45) is 4.99. The summed E-state index contributed by atoms with van der Waals surface area (Å²) >= 11 is 0. The van der Waals surface area contributed by atoms with Crippen molar-refractivity contribution in [1.82, 2.24) is 15.4 Å². The zero-order valence-electron chi connectivity index (χ0n) is 25.0. The van der Waals surface area contributed by atoms with Gasteiger partial charge >= 0.3 is 0 Å². The first-order valence-corrected chi connectivity index (χ1v) is 17.0. The first-order valence-electron chi connectivity index (χ1n) is 14.1. The molecule has 5 rings (SSSR count). The molecule has 0 unspecified atom stereocenters. The lowest BCUT2D eigenvalue weighted by atomic mass is 10.1. The number of amides is 2. The molecule has 0 spiro atoms. The Bertz CT molecular complexity index is 1790. The molecule has 2 amide bonds. The molecule has 0 atom stereocenters. The molecule has 0 saturated heterocycles. The Balaban J connectivity index is 1.34. The third kappa shape index (κ3) is 7.02. The molecule has 2 aromatic heterocycles. The minimum absolute atomic E-state index is 0.0330. The molecule has 0 aliphatic rings. The Labute approximate surface area is 252 Å². The van der Waals surface area contributed by atoms with Crippen LogP contribution in [-0.4, -0.2) is 36.7 Å². The van der Waals surface area contributed by atoms with Crippen molar-refractivity contribution in [3.63, 3.8) is 0 Å². The van der Waals surface area contributed by atoms with Gasteiger partial charge in [-0.15, -0.1) is 0 Å². The Morgan fingerprint density at radius 1 is 0.907 bits per heavy atom. The second kappa shape index (κ2) is 12.2. The summed E-state index contributed by atoms with van der Waals surface area (Å²) in [5.74, 6) is 0.0182. The number of rotatable bonds is 9. The summed E-state index contributed by atoms with van der Waals surface area (Å²) in [4.78, 5) is 33.5. The van der Waals surface area contributed by atoms with E-state index in [-0.39, 0.29) is 23.5 Å². The summed E-state index contributed by atoms with van der Waals surface area (Å²) in [6.45, 7) is 10.5. The maximum atomic E-state index is 13.3. The van der Waals surface area contributed by atoms with Crippen molar-refractivity contribution < 1.29 is 18.9 Å². The Kier molecular flexibility index (Phi) is 8.47. The van der Waals surface area contributed by atoms with Crippen LogP contribution in [0.2, 0.25) is 18.1 Å². The van der Waals surface area contributed by atoms with Crippen molar-refractivity contribution in [2.45, 2.75) is 38.9 Å². The number of aromatic nitrogens is 2. The number of hydroxylamine groups is 1. The normalized spacial score (nSPS) is 12.3. The summed E-state index contributed by atoms with van der Waals surface area (Å²) in [7, 11) is -2.15. The fraction of sp³-hybridized carbons (Fsp3) is 0.206. The number of ether oxygens (including phenoxy) is 1. The van der Waals surface area contributed by atoms with Crippen molar-refractivity contribution >= 4 is 53.7 Å². The van der Waals surface area contributed by atoms with Crippen LogP contribution in [0, 0.1) is 0 Å². The summed E-state index contributed by atoms with van der Waals surface area (Å²) in [6, 6.07) is 24.4. The van der Waals surface area contributed by atoms with E-state index in [0.29, 0.717) is 22.6 Å². The fourth-order valence-corrected chi connectivity index (χ4v) is 4.88. The molecule has 2 heterocycles. The number of para-hydroxylation sites is 1. The molecule has 0 aliphatic heterocycles. The molecule has 0 radical (unpaired) electrons. The van der Waals surface area contributed by atoms with Gasteiger partial charge in [0.25, 0.3) is 11.8 Å². The second-order valence-electron chi connectivity index (χ2n) is 11.9. The molecule has 0 saturated carbocycles. The van der Waals surface area contributed by atoms with Gasteiger partial charge in [-0.1, -0.05) is 51.1 Å². The van der Waals surface area contributed by atoms with Crippen molar-refractivity contribution in [3.8, 4) is 5.75 Å². The maximum absolute atomic E-state index is 13.3. The highest BCUT2D eigenvalue weighted by molar-refractivity contribution is 6.74.